The molecule has 1 saturated carbocycles. The fourth-order valence-electron chi connectivity index (χ4n) is 2.97. The normalized spacial score (nSPS) is 21.1. The number of fused-ring (bicyclic) bond motifs is 1. The van der Waals surface area contributed by atoms with Crippen molar-refractivity contribution in [1.29, 1.82) is 0 Å². The lowest BCUT2D eigenvalue weighted by Crippen LogP contribution is -2.37. The van der Waals surface area contributed by atoms with Crippen molar-refractivity contribution < 1.29 is 22.7 Å². The van der Waals surface area contributed by atoms with E-state index in [4.69, 9.17) is 4.74 Å². The predicted molar refractivity (Wildman–Crippen MR) is 66.5 cm³/mol. The Morgan fingerprint density at radius 3 is 2.55 bits per heavy atom. The molecule has 1 aromatic rings. The molecule has 2 aliphatic rings. The smallest absolute Gasteiger partial charge is 0.420 e. The Hall–Kier alpha value is -1.72. The summed E-state index contributed by atoms with van der Waals surface area (Å²) in [5.74, 6) is -0.495. The first-order valence-corrected chi connectivity index (χ1v) is 6.57. The first-order valence-electron chi connectivity index (χ1n) is 6.57. The average molecular weight is 285 g/mol. The van der Waals surface area contributed by atoms with Crippen molar-refractivity contribution in [3.8, 4) is 5.75 Å². The van der Waals surface area contributed by atoms with Crippen LogP contribution in [0, 0.1) is 5.41 Å². The van der Waals surface area contributed by atoms with E-state index in [9.17, 15) is 18.0 Å². The molecule has 20 heavy (non-hydrogen) atoms. The standard InChI is InChI=1S/C14H14F3NO2/c15-14(16,17)9-4-3-5-10-11(9)20-8-13(12(19)18-10)6-1-2-7-13/h3-5H,1-2,6-8H2,(H,18,19). The highest BCUT2D eigenvalue weighted by Crippen LogP contribution is 2.46. The second-order valence-electron chi connectivity index (χ2n) is 5.41. The minimum absolute atomic E-state index is 0.0128. The molecule has 6 heteroatoms. The molecular formula is C14H14F3NO2. The van der Waals surface area contributed by atoms with E-state index in [2.05, 4.69) is 5.32 Å². The van der Waals surface area contributed by atoms with Gasteiger partial charge in [0.05, 0.1) is 16.7 Å². The van der Waals surface area contributed by atoms with Gasteiger partial charge in [0.25, 0.3) is 0 Å². The van der Waals surface area contributed by atoms with Gasteiger partial charge < -0.3 is 10.1 Å². The van der Waals surface area contributed by atoms with E-state index in [1.165, 1.54) is 12.1 Å². The Morgan fingerprint density at radius 2 is 1.90 bits per heavy atom. The number of anilines is 1. The maximum absolute atomic E-state index is 13.0. The van der Waals surface area contributed by atoms with Crippen molar-refractivity contribution >= 4 is 11.6 Å². The van der Waals surface area contributed by atoms with Crippen LogP contribution in [0.2, 0.25) is 0 Å². The number of halogens is 3. The van der Waals surface area contributed by atoms with Crippen LogP contribution in [0.25, 0.3) is 0 Å². The number of nitrogens with one attached hydrogen (secondary N) is 1. The molecule has 0 radical (unpaired) electrons. The van der Waals surface area contributed by atoms with Crippen molar-refractivity contribution in [2.24, 2.45) is 5.41 Å². The first kappa shape index (κ1) is 13.3. The first-order chi connectivity index (χ1) is 9.42. The lowest BCUT2D eigenvalue weighted by molar-refractivity contribution is -0.139. The molecule has 1 aliphatic heterocycles. The highest BCUT2D eigenvalue weighted by atomic mass is 19.4. The molecule has 1 heterocycles. The fraction of sp³-hybridized carbons (Fsp3) is 0.500. The molecule has 0 saturated heterocycles. The average Bonchev–Trinajstić information content (AvgIpc) is 2.80. The summed E-state index contributed by atoms with van der Waals surface area (Å²) < 4.78 is 44.4. The molecule has 1 N–H and O–H groups in total. The minimum atomic E-state index is -4.50. The van der Waals surface area contributed by atoms with E-state index in [1.54, 1.807) is 0 Å². The van der Waals surface area contributed by atoms with E-state index in [-0.39, 0.29) is 24.0 Å². The van der Waals surface area contributed by atoms with E-state index in [0.717, 1.165) is 18.9 Å². The quantitative estimate of drug-likeness (QED) is 0.791. The Bertz CT molecular complexity index is 548. The second kappa shape index (κ2) is 4.40. The zero-order chi connectivity index (χ0) is 14.4. The molecule has 0 bridgehead atoms. The van der Waals surface area contributed by atoms with Gasteiger partial charge in [-0.25, -0.2) is 0 Å². The molecule has 1 spiro atoms. The van der Waals surface area contributed by atoms with Gasteiger partial charge in [0.15, 0.2) is 5.75 Å². The van der Waals surface area contributed by atoms with Crippen LogP contribution in [0.15, 0.2) is 18.2 Å². The lowest BCUT2D eigenvalue weighted by Gasteiger charge is -2.24. The number of carbonyl (C=O) groups is 1. The fourth-order valence-corrected chi connectivity index (χ4v) is 2.97. The van der Waals surface area contributed by atoms with Crippen LogP contribution in [-0.2, 0) is 11.0 Å². The summed E-state index contributed by atoms with van der Waals surface area (Å²) in [7, 11) is 0. The van der Waals surface area contributed by atoms with Gasteiger partial charge in [-0.05, 0) is 25.0 Å². The minimum Gasteiger partial charge on any atom is -0.490 e. The maximum Gasteiger partial charge on any atom is 0.420 e. The Balaban J connectivity index is 2.02. The molecule has 3 rings (SSSR count). The SMILES string of the molecule is O=C1Nc2cccc(C(F)(F)F)c2OCC12CCCC2. The summed E-state index contributed by atoms with van der Waals surface area (Å²) in [6.07, 6.45) is -1.37. The van der Waals surface area contributed by atoms with Gasteiger partial charge in [-0.2, -0.15) is 13.2 Å². The zero-order valence-corrected chi connectivity index (χ0v) is 10.7. The Labute approximate surface area is 114 Å². The molecule has 108 valence electrons. The van der Waals surface area contributed by atoms with Gasteiger partial charge >= 0.3 is 6.18 Å². The van der Waals surface area contributed by atoms with Crippen molar-refractivity contribution in [2.75, 3.05) is 11.9 Å². The Kier molecular flexibility index (Phi) is 2.92. The van der Waals surface area contributed by atoms with Gasteiger partial charge in [0, 0.05) is 0 Å². The molecule has 1 fully saturated rings. The van der Waals surface area contributed by atoms with Crippen LogP contribution >= 0.6 is 0 Å². The number of hydrogen-bond acceptors (Lipinski definition) is 2. The third kappa shape index (κ3) is 2.03. The van der Waals surface area contributed by atoms with Crippen LogP contribution in [-0.4, -0.2) is 12.5 Å². The van der Waals surface area contributed by atoms with E-state index in [1.807, 2.05) is 0 Å². The van der Waals surface area contributed by atoms with Crippen molar-refractivity contribution in [3.05, 3.63) is 23.8 Å². The summed E-state index contributed by atoms with van der Waals surface area (Å²) in [6.45, 7) is 0.0128. The summed E-state index contributed by atoms with van der Waals surface area (Å²) in [5.41, 5.74) is -1.42. The van der Waals surface area contributed by atoms with Gasteiger partial charge in [-0.3, -0.25) is 4.79 Å². The van der Waals surface area contributed by atoms with Gasteiger partial charge in [0.1, 0.15) is 6.61 Å². The second-order valence-corrected chi connectivity index (χ2v) is 5.41. The van der Waals surface area contributed by atoms with Crippen LogP contribution in [0.4, 0.5) is 18.9 Å². The molecule has 3 nitrogen and oxygen atoms in total. The number of ether oxygens (including phenoxy) is 1. The van der Waals surface area contributed by atoms with Gasteiger partial charge in [0.2, 0.25) is 5.91 Å². The molecule has 1 aromatic carbocycles. The lowest BCUT2D eigenvalue weighted by atomic mass is 9.86. The zero-order valence-electron chi connectivity index (χ0n) is 10.7. The van der Waals surface area contributed by atoms with Crippen molar-refractivity contribution in [2.45, 2.75) is 31.9 Å². The number of benzene rings is 1. The van der Waals surface area contributed by atoms with E-state index >= 15 is 0 Å². The summed E-state index contributed by atoms with van der Waals surface area (Å²) in [6, 6.07) is 3.69. The number of rotatable bonds is 0. The molecule has 1 aliphatic carbocycles. The number of para-hydroxylation sites is 1. The maximum atomic E-state index is 13.0. The monoisotopic (exact) mass is 285 g/mol. The van der Waals surface area contributed by atoms with Crippen molar-refractivity contribution in [1.82, 2.24) is 0 Å². The molecule has 0 atom stereocenters. The topological polar surface area (TPSA) is 38.3 Å². The predicted octanol–water partition coefficient (Wildman–Crippen LogP) is 3.60. The molecule has 0 unspecified atom stereocenters. The third-order valence-electron chi connectivity index (χ3n) is 4.10. The number of carbonyl (C=O) groups excluding carboxylic acids is 1. The van der Waals surface area contributed by atoms with Crippen molar-refractivity contribution in [3.63, 3.8) is 0 Å². The highest BCUT2D eigenvalue weighted by molar-refractivity contribution is 5.97. The van der Waals surface area contributed by atoms with Gasteiger partial charge in [-0.15, -0.1) is 0 Å². The largest absolute Gasteiger partial charge is 0.490 e. The van der Waals surface area contributed by atoms with E-state index in [0.29, 0.717) is 12.8 Å². The molecular weight excluding hydrogens is 271 g/mol. The highest BCUT2D eigenvalue weighted by Gasteiger charge is 2.45. The number of alkyl halides is 3. The number of hydrogen-bond donors (Lipinski definition) is 1. The van der Waals surface area contributed by atoms with Crippen LogP contribution in [0.3, 0.4) is 0 Å². The van der Waals surface area contributed by atoms with E-state index < -0.39 is 17.2 Å². The van der Waals surface area contributed by atoms with Crippen LogP contribution < -0.4 is 10.1 Å². The summed E-state index contributed by atoms with van der Waals surface area (Å²) in [5, 5.41) is 2.60. The third-order valence-corrected chi connectivity index (χ3v) is 4.10. The van der Waals surface area contributed by atoms with Crippen LogP contribution in [0.5, 0.6) is 5.75 Å². The van der Waals surface area contributed by atoms with Crippen LogP contribution in [0.1, 0.15) is 31.2 Å². The summed E-state index contributed by atoms with van der Waals surface area (Å²) >= 11 is 0. The molecule has 1 amide bonds. The van der Waals surface area contributed by atoms with Gasteiger partial charge in [-0.1, -0.05) is 18.9 Å². The molecule has 0 aromatic heterocycles. The summed E-state index contributed by atoms with van der Waals surface area (Å²) in [4.78, 5) is 12.3. The Morgan fingerprint density at radius 1 is 1.20 bits per heavy atom. The number of amides is 1.